The number of hydrogen-bond donors (Lipinski definition) is 2. The average molecular weight is 358 g/mol. The van der Waals surface area contributed by atoms with Gasteiger partial charge in [-0.05, 0) is 6.42 Å². The van der Waals surface area contributed by atoms with Crippen molar-refractivity contribution in [2.75, 3.05) is 6.61 Å². The van der Waals surface area contributed by atoms with Crippen molar-refractivity contribution in [2.24, 2.45) is 0 Å². The Hall–Kier alpha value is 0.707. The van der Waals surface area contributed by atoms with E-state index in [4.69, 9.17) is 9.79 Å². The van der Waals surface area contributed by atoms with Gasteiger partial charge in [0.05, 0.1) is 6.61 Å². The molecule has 0 spiro atoms. The van der Waals surface area contributed by atoms with Crippen LogP contribution in [0, 0.1) is 0 Å². The van der Waals surface area contributed by atoms with Crippen molar-refractivity contribution in [3.8, 4) is 0 Å². The standard InChI is InChI=1S/C18H39O4P.Li.H/c1-2-3-4-5-6-7-8-9-10-11-12-13-14-15-16-17-18-22-23(19,20)21;;/h2-18H2,1H3,(H2,19,20,21);;. The minimum atomic E-state index is -4.26. The van der Waals surface area contributed by atoms with Crippen LogP contribution in [0.4, 0.5) is 0 Å². The van der Waals surface area contributed by atoms with E-state index in [0.29, 0.717) is 0 Å². The molecule has 0 bridgehead atoms. The first-order chi connectivity index (χ1) is 11.1. The van der Waals surface area contributed by atoms with E-state index in [-0.39, 0.29) is 25.5 Å². The second-order valence-electron chi connectivity index (χ2n) is 6.63. The molecule has 0 heterocycles. The van der Waals surface area contributed by atoms with Gasteiger partial charge in [0.1, 0.15) is 0 Å². The van der Waals surface area contributed by atoms with Gasteiger partial charge in [-0.25, -0.2) is 4.57 Å². The van der Waals surface area contributed by atoms with Gasteiger partial charge in [-0.2, -0.15) is 0 Å². The Balaban J connectivity index is 0. The van der Waals surface area contributed by atoms with Gasteiger partial charge < -0.3 is 9.79 Å². The quantitative estimate of drug-likeness (QED) is 0.187. The third-order valence-electron chi connectivity index (χ3n) is 4.26. The van der Waals surface area contributed by atoms with Crippen molar-refractivity contribution in [3.05, 3.63) is 0 Å². The molecule has 0 aromatic heterocycles. The molecule has 142 valence electrons. The molecule has 0 saturated carbocycles. The topological polar surface area (TPSA) is 66.8 Å². The maximum atomic E-state index is 10.5. The van der Waals surface area contributed by atoms with Crippen molar-refractivity contribution in [3.63, 3.8) is 0 Å². The van der Waals surface area contributed by atoms with E-state index in [2.05, 4.69) is 11.4 Å². The Labute approximate surface area is 161 Å². The Morgan fingerprint density at radius 3 is 1.21 bits per heavy atom. The number of phosphoric acid groups is 1. The van der Waals surface area contributed by atoms with Crippen LogP contribution in [-0.4, -0.2) is 35.3 Å². The van der Waals surface area contributed by atoms with Gasteiger partial charge in [0, 0.05) is 0 Å². The fraction of sp³-hybridized carbons (Fsp3) is 1.00. The van der Waals surface area contributed by atoms with Gasteiger partial charge >= 0.3 is 26.7 Å². The van der Waals surface area contributed by atoms with E-state index in [9.17, 15) is 4.57 Å². The molecule has 6 heteroatoms. The summed E-state index contributed by atoms with van der Waals surface area (Å²) in [4.78, 5) is 17.1. The van der Waals surface area contributed by atoms with Crippen LogP contribution < -0.4 is 0 Å². The number of phosphoric ester groups is 1. The molecular weight excluding hydrogens is 318 g/mol. The molecule has 0 atom stereocenters. The molecule has 0 fully saturated rings. The van der Waals surface area contributed by atoms with Crippen LogP contribution in [0.3, 0.4) is 0 Å². The number of unbranched alkanes of at least 4 members (excludes halogenated alkanes) is 15. The molecule has 0 unspecified atom stereocenters. The molecular formula is C18H40LiO4P. The molecule has 0 rings (SSSR count). The van der Waals surface area contributed by atoms with Gasteiger partial charge in [-0.1, -0.05) is 103 Å². The predicted octanol–water partition coefficient (Wildman–Crippen LogP) is 5.71. The third kappa shape index (κ3) is 25.0. The molecule has 2 N–H and O–H groups in total. The zero-order valence-corrected chi connectivity index (χ0v) is 16.1. The summed E-state index contributed by atoms with van der Waals surface area (Å²) >= 11 is 0. The fourth-order valence-corrected chi connectivity index (χ4v) is 3.20. The first-order valence-electron chi connectivity index (χ1n) is 9.76. The van der Waals surface area contributed by atoms with Crippen LogP contribution in [0.5, 0.6) is 0 Å². The molecule has 0 aliphatic rings. The molecule has 0 aliphatic heterocycles. The van der Waals surface area contributed by atoms with Gasteiger partial charge in [-0.3, -0.25) is 4.52 Å². The van der Waals surface area contributed by atoms with Crippen LogP contribution in [-0.2, 0) is 9.09 Å². The van der Waals surface area contributed by atoms with E-state index in [0.717, 1.165) is 19.3 Å². The molecule has 0 aromatic rings. The van der Waals surface area contributed by atoms with E-state index in [1.165, 1.54) is 83.5 Å². The van der Waals surface area contributed by atoms with Gasteiger partial charge in [-0.15, -0.1) is 0 Å². The normalized spacial score (nSPS) is 11.5. The second kappa shape index (κ2) is 20.0. The SMILES string of the molecule is CCCCCCCCCCCCCCCCCCOP(=O)(O)O.[LiH]. The number of rotatable bonds is 18. The first kappa shape index (κ1) is 26.9. The van der Waals surface area contributed by atoms with Crippen molar-refractivity contribution < 1.29 is 18.9 Å². The summed E-state index contributed by atoms with van der Waals surface area (Å²) in [6.45, 7) is 2.43. The van der Waals surface area contributed by atoms with Crippen molar-refractivity contribution >= 4 is 26.7 Å². The average Bonchev–Trinajstić information content (AvgIpc) is 2.49. The summed E-state index contributed by atoms with van der Waals surface area (Å²) in [5.74, 6) is 0. The summed E-state index contributed by atoms with van der Waals surface area (Å²) < 4.78 is 14.9. The molecule has 0 aromatic carbocycles. The van der Waals surface area contributed by atoms with Crippen LogP contribution in [0.25, 0.3) is 0 Å². The zero-order chi connectivity index (χ0) is 17.2. The monoisotopic (exact) mass is 358 g/mol. The van der Waals surface area contributed by atoms with Gasteiger partial charge in [0.2, 0.25) is 0 Å². The Bertz CT molecular complexity index is 284. The first-order valence-corrected chi connectivity index (χ1v) is 11.3. The molecule has 0 saturated heterocycles. The summed E-state index contributed by atoms with van der Waals surface area (Å²) in [6.07, 6.45) is 20.7. The summed E-state index contributed by atoms with van der Waals surface area (Å²) in [6, 6.07) is 0. The van der Waals surface area contributed by atoms with Crippen molar-refractivity contribution in [1.29, 1.82) is 0 Å². The van der Waals surface area contributed by atoms with Crippen LogP contribution in [0.1, 0.15) is 110 Å². The predicted molar refractivity (Wildman–Crippen MR) is 105 cm³/mol. The molecule has 0 aliphatic carbocycles. The zero-order valence-electron chi connectivity index (χ0n) is 15.2. The fourth-order valence-electron chi connectivity index (χ4n) is 2.83. The maximum absolute atomic E-state index is 10.5. The molecule has 4 nitrogen and oxygen atoms in total. The molecule has 24 heavy (non-hydrogen) atoms. The van der Waals surface area contributed by atoms with Crippen molar-refractivity contribution in [2.45, 2.75) is 110 Å². The minimum absolute atomic E-state index is 0. The van der Waals surface area contributed by atoms with Crippen molar-refractivity contribution in [1.82, 2.24) is 0 Å². The van der Waals surface area contributed by atoms with E-state index < -0.39 is 7.82 Å². The van der Waals surface area contributed by atoms with Gasteiger partial charge in [0.15, 0.2) is 0 Å². The van der Waals surface area contributed by atoms with E-state index in [1.807, 2.05) is 0 Å². The van der Waals surface area contributed by atoms with Gasteiger partial charge in [0.25, 0.3) is 0 Å². The Kier molecular flexibility index (Phi) is 22.5. The van der Waals surface area contributed by atoms with Crippen LogP contribution in [0.2, 0.25) is 0 Å². The number of hydrogen-bond acceptors (Lipinski definition) is 2. The Morgan fingerprint density at radius 2 is 0.917 bits per heavy atom. The summed E-state index contributed by atoms with van der Waals surface area (Å²) in [7, 11) is -4.26. The van der Waals surface area contributed by atoms with Crippen LogP contribution >= 0.6 is 7.82 Å². The van der Waals surface area contributed by atoms with E-state index >= 15 is 0 Å². The van der Waals surface area contributed by atoms with Crippen LogP contribution in [0.15, 0.2) is 0 Å². The second-order valence-corrected chi connectivity index (χ2v) is 7.87. The van der Waals surface area contributed by atoms with E-state index in [1.54, 1.807) is 0 Å². The summed E-state index contributed by atoms with van der Waals surface area (Å²) in [5.41, 5.74) is 0. The molecule has 0 radical (unpaired) electrons. The molecule has 0 amide bonds. The Morgan fingerprint density at radius 1 is 0.625 bits per heavy atom. The third-order valence-corrected chi connectivity index (χ3v) is 4.78. The summed E-state index contributed by atoms with van der Waals surface area (Å²) in [5, 5.41) is 0.